The lowest BCUT2D eigenvalue weighted by Gasteiger charge is -1.99. The van der Waals surface area contributed by atoms with Gasteiger partial charge in [0.25, 0.3) is 0 Å². The van der Waals surface area contributed by atoms with Crippen LogP contribution in [0, 0.1) is 0 Å². The lowest BCUT2D eigenvalue weighted by Crippen LogP contribution is -2.05. The van der Waals surface area contributed by atoms with E-state index in [9.17, 15) is 0 Å². The first kappa shape index (κ1) is 13.3. The van der Waals surface area contributed by atoms with Gasteiger partial charge in [0.15, 0.2) is 5.16 Å². The molecule has 3 rings (SSSR count). The summed E-state index contributed by atoms with van der Waals surface area (Å²) in [5, 5.41) is 16.8. The van der Waals surface area contributed by atoms with Crippen molar-refractivity contribution >= 4 is 23.1 Å². The molecule has 0 spiro atoms. The minimum Gasteiger partial charge on any atom is -0.338 e. The number of hydrogen-bond acceptors (Lipinski definition) is 8. The molecule has 3 heterocycles. The molecule has 7 nitrogen and oxygen atoms in total. The quantitative estimate of drug-likeness (QED) is 0.716. The van der Waals surface area contributed by atoms with Crippen LogP contribution in [0.25, 0.3) is 11.4 Å². The third-order valence-electron chi connectivity index (χ3n) is 2.68. The summed E-state index contributed by atoms with van der Waals surface area (Å²) in [5.41, 5.74) is 6.53. The van der Waals surface area contributed by atoms with Crippen molar-refractivity contribution in [2.75, 3.05) is 0 Å². The van der Waals surface area contributed by atoms with E-state index >= 15 is 0 Å². The third kappa shape index (κ3) is 2.60. The first-order chi connectivity index (χ1) is 9.78. The van der Waals surface area contributed by atoms with Gasteiger partial charge >= 0.3 is 0 Å². The van der Waals surface area contributed by atoms with Crippen LogP contribution < -0.4 is 5.73 Å². The molecule has 9 heteroatoms. The Morgan fingerprint density at radius 3 is 3.05 bits per heavy atom. The van der Waals surface area contributed by atoms with E-state index in [-0.39, 0.29) is 0 Å². The first-order valence-electron chi connectivity index (χ1n) is 5.84. The Morgan fingerprint density at radius 2 is 2.35 bits per heavy atom. The highest BCUT2D eigenvalue weighted by Crippen LogP contribution is 2.23. The fourth-order valence-electron chi connectivity index (χ4n) is 1.60. The minimum absolute atomic E-state index is 0.368. The Kier molecular flexibility index (Phi) is 3.81. The standard InChI is InChI=1S/C11H12N6OS2/c1-17-8(4-12)14-15-11(17)20-6-9-13-10(16-18-9)7-2-3-19-5-7/h2-3,5H,4,6,12H2,1H3. The second-order valence-corrected chi connectivity index (χ2v) is 5.70. The van der Waals surface area contributed by atoms with Gasteiger partial charge in [0.1, 0.15) is 5.82 Å². The summed E-state index contributed by atoms with van der Waals surface area (Å²) in [5.74, 6) is 2.47. The highest BCUT2D eigenvalue weighted by atomic mass is 32.2. The van der Waals surface area contributed by atoms with Crippen molar-refractivity contribution in [1.82, 2.24) is 24.9 Å². The van der Waals surface area contributed by atoms with Crippen LogP contribution in [-0.2, 0) is 19.3 Å². The first-order valence-corrected chi connectivity index (χ1v) is 7.77. The van der Waals surface area contributed by atoms with E-state index in [2.05, 4.69) is 20.3 Å². The largest absolute Gasteiger partial charge is 0.338 e. The summed E-state index contributed by atoms with van der Waals surface area (Å²) in [6.07, 6.45) is 0. The lowest BCUT2D eigenvalue weighted by molar-refractivity contribution is 0.391. The van der Waals surface area contributed by atoms with Crippen LogP contribution in [0.15, 0.2) is 26.5 Å². The lowest BCUT2D eigenvalue weighted by atomic mass is 10.3. The predicted molar refractivity (Wildman–Crippen MR) is 76.1 cm³/mol. The molecule has 0 saturated carbocycles. The second kappa shape index (κ2) is 5.73. The van der Waals surface area contributed by atoms with E-state index in [4.69, 9.17) is 10.3 Å². The number of rotatable bonds is 5. The van der Waals surface area contributed by atoms with E-state index in [1.54, 1.807) is 11.3 Å². The van der Waals surface area contributed by atoms with Gasteiger partial charge in [0, 0.05) is 18.0 Å². The molecule has 0 saturated heterocycles. The SMILES string of the molecule is Cn1c(CN)nnc1SCc1nc(-c2ccsc2)no1. The van der Waals surface area contributed by atoms with Crippen LogP contribution in [0.5, 0.6) is 0 Å². The van der Waals surface area contributed by atoms with Crippen molar-refractivity contribution in [3.63, 3.8) is 0 Å². The van der Waals surface area contributed by atoms with Crippen molar-refractivity contribution < 1.29 is 4.52 Å². The highest BCUT2D eigenvalue weighted by Gasteiger charge is 2.12. The zero-order valence-corrected chi connectivity index (χ0v) is 12.3. The van der Waals surface area contributed by atoms with Crippen molar-refractivity contribution in [2.45, 2.75) is 17.5 Å². The molecule has 0 radical (unpaired) electrons. The maximum absolute atomic E-state index is 5.56. The Hall–Kier alpha value is -1.71. The van der Waals surface area contributed by atoms with Gasteiger partial charge in [-0.2, -0.15) is 16.3 Å². The van der Waals surface area contributed by atoms with Crippen molar-refractivity contribution in [3.05, 3.63) is 28.5 Å². The van der Waals surface area contributed by atoms with Crippen molar-refractivity contribution in [3.8, 4) is 11.4 Å². The fourth-order valence-corrected chi connectivity index (χ4v) is 3.00. The molecule has 0 aliphatic carbocycles. The van der Waals surface area contributed by atoms with Crippen LogP contribution in [0.1, 0.15) is 11.7 Å². The normalized spacial score (nSPS) is 11.1. The van der Waals surface area contributed by atoms with E-state index < -0.39 is 0 Å². The molecule has 0 amide bonds. The number of thioether (sulfide) groups is 1. The molecule has 0 bridgehead atoms. The van der Waals surface area contributed by atoms with Crippen LogP contribution in [0.2, 0.25) is 0 Å². The Morgan fingerprint density at radius 1 is 1.45 bits per heavy atom. The van der Waals surface area contributed by atoms with Gasteiger partial charge in [-0.3, -0.25) is 0 Å². The minimum atomic E-state index is 0.368. The summed E-state index contributed by atoms with van der Waals surface area (Å²) in [7, 11) is 1.88. The van der Waals surface area contributed by atoms with Crippen LogP contribution in [0.4, 0.5) is 0 Å². The van der Waals surface area contributed by atoms with Gasteiger partial charge in [-0.15, -0.1) is 10.2 Å². The van der Waals surface area contributed by atoms with Gasteiger partial charge in [0.2, 0.25) is 11.7 Å². The summed E-state index contributed by atoms with van der Waals surface area (Å²) in [6, 6.07) is 1.96. The molecule has 0 fully saturated rings. The van der Waals surface area contributed by atoms with Crippen molar-refractivity contribution in [1.29, 1.82) is 0 Å². The van der Waals surface area contributed by atoms with Crippen LogP contribution in [0.3, 0.4) is 0 Å². The van der Waals surface area contributed by atoms with E-state index in [1.807, 2.05) is 28.4 Å². The third-order valence-corrected chi connectivity index (χ3v) is 4.37. The molecule has 0 aromatic carbocycles. The average Bonchev–Trinajstić information content (AvgIpc) is 3.17. The molecule has 104 valence electrons. The number of aromatic nitrogens is 5. The average molecular weight is 308 g/mol. The zero-order valence-electron chi connectivity index (χ0n) is 10.7. The summed E-state index contributed by atoms with van der Waals surface area (Å²) < 4.78 is 7.09. The summed E-state index contributed by atoms with van der Waals surface area (Å²) in [4.78, 5) is 4.35. The monoisotopic (exact) mass is 308 g/mol. The molecule has 20 heavy (non-hydrogen) atoms. The number of hydrogen-bond donors (Lipinski definition) is 1. The number of nitrogens with two attached hydrogens (primary N) is 1. The molecular weight excluding hydrogens is 296 g/mol. The van der Waals surface area contributed by atoms with Gasteiger partial charge in [-0.05, 0) is 11.4 Å². The molecule has 0 unspecified atom stereocenters. The fraction of sp³-hybridized carbons (Fsp3) is 0.273. The van der Waals surface area contributed by atoms with Crippen LogP contribution >= 0.6 is 23.1 Å². The Labute approximate surface area is 123 Å². The highest BCUT2D eigenvalue weighted by molar-refractivity contribution is 7.98. The Bertz CT molecular complexity index is 690. The van der Waals surface area contributed by atoms with Gasteiger partial charge in [0.05, 0.1) is 12.3 Å². The molecule has 3 aromatic rings. The predicted octanol–water partition coefficient (Wildman–Crippen LogP) is 1.68. The van der Waals surface area contributed by atoms with Crippen LogP contribution in [-0.4, -0.2) is 24.9 Å². The molecule has 0 aliphatic heterocycles. The maximum atomic E-state index is 5.56. The zero-order chi connectivity index (χ0) is 13.9. The van der Waals surface area contributed by atoms with Crippen molar-refractivity contribution in [2.24, 2.45) is 12.8 Å². The maximum Gasteiger partial charge on any atom is 0.237 e. The number of thiophene rings is 1. The van der Waals surface area contributed by atoms with E-state index in [0.29, 0.717) is 24.0 Å². The van der Waals surface area contributed by atoms with E-state index in [0.717, 1.165) is 16.5 Å². The Balaban J connectivity index is 1.68. The second-order valence-electron chi connectivity index (χ2n) is 3.97. The molecular formula is C11H12N6OS2. The summed E-state index contributed by atoms with van der Waals surface area (Å²) in [6.45, 7) is 0.368. The molecule has 2 N–H and O–H groups in total. The smallest absolute Gasteiger partial charge is 0.237 e. The summed E-state index contributed by atoms with van der Waals surface area (Å²) >= 11 is 3.09. The molecule has 3 aromatic heterocycles. The van der Waals surface area contributed by atoms with Gasteiger partial charge < -0.3 is 14.8 Å². The topological polar surface area (TPSA) is 95.7 Å². The molecule has 0 atom stereocenters. The number of nitrogens with zero attached hydrogens (tertiary/aromatic N) is 5. The molecule has 0 aliphatic rings. The van der Waals surface area contributed by atoms with E-state index in [1.165, 1.54) is 11.8 Å². The van der Waals surface area contributed by atoms with Gasteiger partial charge in [-0.25, -0.2) is 0 Å². The van der Waals surface area contributed by atoms with Gasteiger partial charge in [-0.1, -0.05) is 16.9 Å².